The van der Waals surface area contributed by atoms with Gasteiger partial charge in [0.2, 0.25) is 0 Å². The second-order valence-electron chi connectivity index (χ2n) is 3.19. The van der Waals surface area contributed by atoms with E-state index in [1.807, 2.05) is 11.5 Å². The summed E-state index contributed by atoms with van der Waals surface area (Å²) in [5.74, 6) is 0.853. The minimum atomic E-state index is -4.23. The molecule has 0 saturated heterocycles. The fourth-order valence-electron chi connectivity index (χ4n) is 1.16. The molecule has 0 aromatic carbocycles. The lowest BCUT2D eigenvalue weighted by Crippen LogP contribution is -2.17. The molecule has 3 nitrogen and oxygen atoms in total. The quantitative estimate of drug-likeness (QED) is 0.714. The highest BCUT2D eigenvalue weighted by molar-refractivity contribution is 4.87. The summed E-state index contributed by atoms with van der Waals surface area (Å²) in [4.78, 5) is 4.00. The van der Waals surface area contributed by atoms with Gasteiger partial charge >= 0.3 is 6.18 Å². The van der Waals surface area contributed by atoms with Crippen LogP contribution < -0.4 is 0 Å². The predicted octanol–water partition coefficient (Wildman–Crippen LogP) is 2.16. The van der Waals surface area contributed by atoms with Crippen LogP contribution in [0.15, 0.2) is 12.4 Å². The first kappa shape index (κ1) is 12.0. The molecule has 0 aliphatic rings. The molecule has 0 N–H and O–H groups in total. The number of rotatable bonds is 5. The summed E-state index contributed by atoms with van der Waals surface area (Å²) in [5, 5.41) is 0. The fraction of sp³-hybridized carbons (Fsp3) is 0.667. The van der Waals surface area contributed by atoms with Gasteiger partial charge in [-0.3, -0.25) is 0 Å². The van der Waals surface area contributed by atoms with Gasteiger partial charge in [0.25, 0.3) is 0 Å². The van der Waals surface area contributed by atoms with Crippen molar-refractivity contribution >= 4 is 0 Å². The summed E-state index contributed by atoms with van der Waals surface area (Å²) < 4.78 is 41.4. The van der Waals surface area contributed by atoms with E-state index < -0.39 is 12.8 Å². The van der Waals surface area contributed by atoms with E-state index in [9.17, 15) is 13.2 Å². The summed E-state index contributed by atoms with van der Waals surface area (Å²) in [6.45, 7) is 1.41. The SMILES string of the molecule is Cc1nccn1CCCOCC(F)(F)F. The van der Waals surface area contributed by atoms with Crippen molar-refractivity contribution < 1.29 is 17.9 Å². The molecule has 0 spiro atoms. The Kier molecular flexibility index (Phi) is 4.14. The Morgan fingerprint density at radius 2 is 2.20 bits per heavy atom. The standard InChI is InChI=1S/C9H13F3N2O/c1-8-13-3-5-14(8)4-2-6-15-7-9(10,11)12/h3,5H,2,4,6-7H2,1H3. The second kappa shape index (κ2) is 5.16. The van der Waals surface area contributed by atoms with Crippen molar-refractivity contribution in [3.05, 3.63) is 18.2 Å². The maximum absolute atomic E-state index is 11.7. The van der Waals surface area contributed by atoms with Gasteiger partial charge in [0, 0.05) is 25.5 Å². The second-order valence-corrected chi connectivity index (χ2v) is 3.19. The number of aromatic nitrogens is 2. The average Bonchev–Trinajstić information content (AvgIpc) is 2.49. The Hall–Kier alpha value is -1.04. The molecule has 0 aliphatic heterocycles. The molecule has 1 aromatic heterocycles. The van der Waals surface area contributed by atoms with Gasteiger partial charge in [0.1, 0.15) is 12.4 Å². The molecule has 1 aromatic rings. The van der Waals surface area contributed by atoms with Gasteiger partial charge in [-0.25, -0.2) is 4.98 Å². The van der Waals surface area contributed by atoms with Gasteiger partial charge in [0.15, 0.2) is 0 Å². The number of halogens is 3. The number of aryl methyl sites for hydroxylation is 2. The summed E-state index contributed by atoms with van der Waals surface area (Å²) >= 11 is 0. The lowest BCUT2D eigenvalue weighted by atomic mass is 10.4. The topological polar surface area (TPSA) is 27.1 Å². The van der Waals surface area contributed by atoms with Crippen LogP contribution in [0.3, 0.4) is 0 Å². The molecule has 0 fully saturated rings. The van der Waals surface area contributed by atoms with Crippen molar-refractivity contribution in [3.63, 3.8) is 0 Å². The lowest BCUT2D eigenvalue weighted by molar-refractivity contribution is -0.174. The van der Waals surface area contributed by atoms with Gasteiger partial charge < -0.3 is 9.30 Å². The molecule has 0 amide bonds. The minimum absolute atomic E-state index is 0.108. The smallest absolute Gasteiger partial charge is 0.372 e. The molecule has 1 rings (SSSR count). The van der Waals surface area contributed by atoms with Crippen LogP contribution in [0.2, 0.25) is 0 Å². The molecule has 0 saturated carbocycles. The monoisotopic (exact) mass is 222 g/mol. The summed E-state index contributed by atoms with van der Waals surface area (Å²) in [6.07, 6.45) is -0.233. The predicted molar refractivity (Wildman–Crippen MR) is 48.5 cm³/mol. The van der Waals surface area contributed by atoms with E-state index in [0.717, 1.165) is 5.82 Å². The molecule has 6 heteroatoms. The molecule has 0 bridgehead atoms. The van der Waals surface area contributed by atoms with Gasteiger partial charge in [-0.1, -0.05) is 0 Å². The maximum Gasteiger partial charge on any atom is 0.411 e. The Balaban J connectivity index is 2.10. The molecule has 1 heterocycles. The van der Waals surface area contributed by atoms with Crippen LogP contribution in [0.4, 0.5) is 13.2 Å². The highest BCUT2D eigenvalue weighted by Gasteiger charge is 2.27. The van der Waals surface area contributed by atoms with Crippen molar-refractivity contribution in [2.24, 2.45) is 0 Å². The molecule has 0 unspecified atom stereocenters. The zero-order chi connectivity index (χ0) is 11.3. The third kappa shape index (κ3) is 4.83. The normalized spacial score (nSPS) is 12.0. The van der Waals surface area contributed by atoms with E-state index in [2.05, 4.69) is 9.72 Å². The first-order valence-corrected chi connectivity index (χ1v) is 4.61. The van der Waals surface area contributed by atoms with E-state index in [4.69, 9.17) is 0 Å². The van der Waals surface area contributed by atoms with Crippen molar-refractivity contribution in [1.82, 2.24) is 9.55 Å². The fourth-order valence-corrected chi connectivity index (χ4v) is 1.16. The van der Waals surface area contributed by atoms with Crippen LogP contribution in [-0.2, 0) is 11.3 Å². The van der Waals surface area contributed by atoms with Crippen molar-refractivity contribution in [2.45, 2.75) is 26.1 Å². The number of ether oxygens (including phenoxy) is 1. The largest absolute Gasteiger partial charge is 0.411 e. The van der Waals surface area contributed by atoms with Crippen LogP contribution in [0.1, 0.15) is 12.2 Å². The zero-order valence-electron chi connectivity index (χ0n) is 8.42. The number of hydrogen-bond acceptors (Lipinski definition) is 2. The van der Waals surface area contributed by atoms with E-state index in [0.29, 0.717) is 13.0 Å². The summed E-state index contributed by atoms with van der Waals surface area (Å²) in [6, 6.07) is 0. The number of imidazole rings is 1. The van der Waals surface area contributed by atoms with Crippen molar-refractivity contribution in [3.8, 4) is 0 Å². The molecule has 15 heavy (non-hydrogen) atoms. The molecule has 0 atom stereocenters. The highest BCUT2D eigenvalue weighted by atomic mass is 19.4. The first-order chi connectivity index (χ1) is 6.99. The third-order valence-electron chi connectivity index (χ3n) is 1.88. The van der Waals surface area contributed by atoms with Gasteiger partial charge in [-0.2, -0.15) is 13.2 Å². The van der Waals surface area contributed by atoms with Crippen LogP contribution in [-0.4, -0.2) is 28.9 Å². The molecular weight excluding hydrogens is 209 g/mol. The molecule has 0 aliphatic carbocycles. The number of nitrogens with zero attached hydrogens (tertiary/aromatic N) is 2. The maximum atomic E-state index is 11.7. The summed E-state index contributed by atoms with van der Waals surface area (Å²) in [5.41, 5.74) is 0. The van der Waals surface area contributed by atoms with Crippen molar-refractivity contribution in [1.29, 1.82) is 0 Å². The lowest BCUT2D eigenvalue weighted by Gasteiger charge is -2.08. The Bertz CT molecular complexity index is 296. The average molecular weight is 222 g/mol. The van der Waals surface area contributed by atoms with E-state index in [1.165, 1.54) is 0 Å². The van der Waals surface area contributed by atoms with Crippen LogP contribution in [0.5, 0.6) is 0 Å². The van der Waals surface area contributed by atoms with Gasteiger partial charge in [-0.05, 0) is 13.3 Å². The van der Waals surface area contributed by atoms with Crippen molar-refractivity contribution in [2.75, 3.05) is 13.2 Å². The summed E-state index contributed by atoms with van der Waals surface area (Å²) in [7, 11) is 0. The highest BCUT2D eigenvalue weighted by Crippen LogP contribution is 2.14. The van der Waals surface area contributed by atoms with Crippen LogP contribution in [0, 0.1) is 6.92 Å². The van der Waals surface area contributed by atoms with E-state index in [-0.39, 0.29) is 6.61 Å². The molecule has 86 valence electrons. The Morgan fingerprint density at radius 1 is 1.47 bits per heavy atom. The molecule has 0 radical (unpaired) electrons. The minimum Gasteiger partial charge on any atom is -0.372 e. The van der Waals surface area contributed by atoms with E-state index in [1.54, 1.807) is 12.4 Å². The number of hydrogen-bond donors (Lipinski definition) is 0. The number of alkyl halides is 3. The van der Waals surface area contributed by atoms with E-state index >= 15 is 0 Å². The third-order valence-corrected chi connectivity index (χ3v) is 1.88. The molecular formula is C9H13F3N2O. The zero-order valence-corrected chi connectivity index (χ0v) is 8.42. The van der Waals surface area contributed by atoms with Crippen LogP contribution in [0.25, 0.3) is 0 Å². The first-order valence-electron chi connectivity index (χ1n) is 4.61. The van der Waals surface area contributed by atoms with Gasteiger partial charge in [0.05, 0.1) is 0 Å². The van der Waals surface area contributed by atoms with Gasteiger partial charge in [-0.15, -0.1) is 0 Å². The van der Waals surface area contributed by atoms with Crippen LogP contribution >= 0.6 is 0 Å². The Labute approximate surface area is 85.9 Å². The Morgan fingerprint density at radius 3 is 2.73 bits per heavy atom.